The van der Waals surface area contributed by atoms with Gasteiger partial charge in [-0.05, 0) is 31.0 Å². The van der Waals surface area contributed by atoms with Crippen molar-refractivity contribution in [2.24, 2.45) is 5.92 Å². The molecule has 0 saturated carbocycles. The van der Waals surface area contributed by atoms with Gasteiger partial charge in [-0.25, -0.2) is 0 Å². The first-order valence-corrected chi connectivity index (χ1v) is 6.16. The van der Waals surface area contributed by atoms with E-state index in [0.29, 0.717) is 23.8 Å². The monoisotopic (exact) mass is 249 g/mol. The molecule has 4 N–H and O–H groups in total. The Morgan fingerprint density at radius 2 is 2.28 bits per heavy atom. The molecule has 1 amide bonds. The number of carbonyl (C=O) groups is 1. The minimum atomic E-state index is -0.0634. The molecule has 0 bridgehead atoms. The number of nitrogens with two attached hydrogens (primary N) is 1. The first kappa shape index (κ1) is 12.9. The third-order valence-corrected chi connectivity index (χ3v) is 3.23. The van der Waals surface area contributed by atoms with E-state index in [0.717, 1.165) is 19.5 Å². The molecule has 0 spiro atoms. The number of likely N-dealkylation sites (tertiary alicyclic amines) is 1. The first-order valence-electron chi connectivity index (χ1n) is 6.16. The smallest absolute Gasteiger partial charge is 0.238 e. The van der Waals surface area contributed by atoms with Gasteiger partial charge in [-0.2, -0.15) is 0 Å². The Morgan fingerprint density at radius 1 is 1.50 bits per heavy atom. The van der Waals surface area contributed by atoms with E-state index in [2.05, 4.69) is 10.2 Å². The van der Waals surface area contributed by atoms with Crippen LogP contribution >= 0.6 is 0 Å². The van der Waals surface area contributed by atoms with E-state index >= 15 is 0 Å². The van der Waals surface area contributed by atoms with Gasteiger partial charge in [0.25, 0.3) is 0 Å². The maximum absolute atomic E-state index is 11.8. The van der Waals surface area contributed by atoms with Gasteiger partial charge in [0.2, 0.25) is 5.91 Å². The van der Waals surface area contributed by atoms with Crippen molar-refractivity contribution < 1.29 is 9.90 Å². The van der Waals surface area contributed by atoms with Crippen molar-refractivity contribution in [1.29, 1.82) is 0 Å². The van der Waals surface area contributed by atoms with Crippen LogP contribution in [0.2, 0.25) is 0 Å². The van der Waals surface area contributed by atoms with Crippen LogP contribution in [0.1, 0.15) is 6.42 Å². The Hall–Kier alpha value is -1.59. The van der Waals surface area contributed by atoms with Crippen LogP contribution in [0.15, 0.2) is 24.3 Å². The summed E-state index contributed by atoms with van der Waals surface area (Å²) in [5, 5.41) is 11.8. The number of nitrogens with zero attached hydrogens (tertiary/aromatic N) is 1. The number of nitrogen functional groups attached to an aromatic ring is 1. The molecule has 1 atom stereocenters. The van der Waals surface area contributed by atoms with E-state index in [1.807, 2.05) is 12.1 Å². The standard InChI is InChI=1S/C13H19N3O2/c14-11-3-1-2-4-12(11)15-13(18)8-16-6-5-10(7-16)9-17/h1-4,10,17H,5-9,14H2,(H,15,18). The van der Waals surface area contributed by atoms with Crippen LogP contribution in [0.4, 0.5) is 11.4 Å². The van der Waals surface area contributed by atoms with Crippen LogP contribution in [-0.4, -0.2) is 42.2 Å². The second kappa shape index (κ2) is 5.84. The Kier molecular flexibility index (Phi) is 4.17. The molecular weight excluding hydrogens is 230 g/mol. The highest BCUT2D eigenvalue weighted by molar-refractivity contribution is 5.95. The number of aliphatic hydroxyl groups excluding tert-OH is 1. The number of carbonyl (C=O) groups excluding carboxylic acids is 1. The van der Waals surface area contributed by atoms with Gasteiger partial charge < -0.3 is 16.2 Å². The van der Waals surface area contributed by atoms with Gasteiger partial charge in [0.1, 0.15) is 0 Å². The van der Waals surface area contributed by atoms with Crippen molar-refractivity contribution in [2.75, 3.05) is 37.3 Å². The molecule has 2 rings (SSSR count). The van der Waals surface area contributed by atoms with E-state index in [9.17, 15) is 4.79 Å². The second-order valence-electron chi connectivity index (χ2n) is 4.71. The molecule has 0 aliphatic carbocycles. The number of hydrogen-bond acceptors (Lipinski definition) is 4. The third kappa shape index (κ3) is 3.21. The van der Waals surface area contributed by atoms with E-state index in [-0.39, 0.29) is 12.5 Å². The van der Waals surface area contributed by atoms with Gasteiger partial charge in [0.15, 0.2) is 0 Å². The predicted octanol–water partition coefficient (Wildman–Crippen LogP) is 0.521. The fraction of sp³-hybridized carbons (Fsp3) is 0.462. The Morgan fingerprint density at radius 3 is 2.94 bits per heavy atom. The molecule has 1 aliphatic heterocycles. The molecule has 18 heavy (non-hydrogen) atoms. The van der Waals surface area contributed by atoms with Gasteiger partial charge >= 0.3 is 0 Å². The van der Waals surface area contributed by atoms with Crippen molar-refractivity contribution >= 4 is 17.3 Å². The third-order valence-electron chi connectivity index (χ3n) is 3.23. The van der Waals surface area contributed by atoms with Crippen LogP contribution in [0, 0.1) is 5.92 Å². The molecule has 1 unspecified atom stereocenters. The molecule has 1 aromatic carbocycles. The molecule has 5 nitrogen and oxygen atoms in total. The summed E-state index contributed by atoms with van der Waals surface area (Å²) in [4.78, 5) is 13.9. The fourth-order valence-corrected chi connectivity index (χ4v) is 2.21. The molecule has 0 aromatic heterocycles. The number of aliphatic hydroxyl groups is 1. The minimum Gasteiger partial charge on any atom is -0.397 e. The van der Waals surface area contributed by atoms with Gasteiger partial charge in [0.05, 0.1) is 17.9 Å². The SMILES string of the molecule is Nc1ccccc1NC(=O)CN1CCC(CO)C1. The molecular formula is C13H19N3O2. The summed E-state index contributed by atoms with van der Waals surface area (Å²) in [6.07, 6.45) is 0.956. The Bertz CT molecular complexity index is 422. The molecule has 0 radical (unpaired) electrons. The van der Waals surface area contributed by atoms with Crippen molar-refractivity contribution in [3.63, 3.8) is 0 Å². The van der Waals surface area contributed by atoms with Crippen LogP contribution in [0.25, 0.3) is 0 Å². The molecule has 1 aliphatic rings. The highest BCUT2D eigenvalue weighted by Crippen LogP contribution is 2.18. The van der Waals surface area contributed by atoms with Crippen molar-refractivity contribution in [3.05, 3.63) is 24.3 Å². The molecule has 1 aromatic rings. The zero-order valence-corrected chi connectivity index (χ0v) is 10.3. The predicted molar refractivity (Wildman–Crippen MR) is 71.1 cm³/mol. The van der Waals surface area contributed by atoms with Crippen molar-refractivity contribution in [3.8, 4) is 0 Å². The maximum Gasteiger partial charge on any atom is 0.238 e. The summed E-state index contributed by atoms with van der Waals surface area (Å²) in [6, 6.07) is 7.21. The number of benzene rings is 1. The van der Waals surface area contributed by atoms with Crippen LogP contribution in [0.5, 0.6) is 0 Å². The molecule has 1 fully saturated rings. The quantitative estimate of drug-likeness (QED) is 0.680. The maximum atomic E-state index is 11.8. The van der Waals surface area contributed by atoms with E-state index < -0.39 is 0 Å². The lowest BCUT2D eigenvalue weighted by atomic mass is 10.1. The average Bonchev–Trinajstić information content (AvgIpc) is 2.80. The summed E-state index contributed by atoms with van der Waals surface area (Å²) in [5.41, 5.74) is 6.98. The van der Waals surface area contributed by atoms with Gasteiger partial charge in [-0.3, -0.25) is 9.69 Å². The summed E-state index contributed by atoms with van der Waals surface area (Å²) in [7, 11) is 0. The number of anilines is 2. The molecule has 98 valence electrons. The fourth-order valence-electron chi connectivity index (χ4n) is 2.21. The summed E-state index contributed by atoms with van der Waals surface area (Å²) in [6.45, 7) is 2.20. The number of para-hydroxylation sites is 2. The zero-order valence-electron chi connectivity index (χ0n) is 10.3. The summed E-state index contributed by atoms with van der Waals surface area (Å²) < 4.78 is 0. The minimum absolute atomic E-state index is 0.0634. The van der Waals surface area contributed by atoms with Crippen molar-refractivity contribution in [1.82, 2.24) is 4.90 Å². The Labute approximate surface area is 107 Å². The average molecular weight is 249 g/mol. The van der Waals surface area contributed by atoms with Crippen LogP contribution in [-0.2, 0) is 4.79 Å². The van der Waals surface area contributed by atoms with E-state index in [1.54, 1.807) is 12.1 Å². The number of amides is 1. The normalized spacial score (nSPS) is 19.9. The van der Waals surface area contributed by atoms with Crippen LogP contribution < -0.4 is 11.1 Å². The molecule has 1 heterocycles. The number of hydrogen-bond donors (Lipinski definition) is 3. The summed E-state index contributed by atoms with van der Waals surface area (Å²) >= 11 is 0. The van der Waals surface area contributed by atoms with Gasteiger partial charge in [-0.1, -0.05) is 12.1 Å². The lowest BCUT2D eigenvalue weighted by Crippen LogP contribution is -2.32. The lowest BCUT2D eigenvalue weighted by Gasteiger charge is -2.15. The topological polar surface area (TPSA) is 78.6 Å². The molecule has 1 saturated heterocycles. The van der Waals surface area contributed by atoms with E-state index in [4.69, 9.17) is 10.8 Å². The van der Waals surface area contributed by atoms with Gasteiger partial charge in [0, 0.05) is 13.2 Å². The van der Waals surface area contributed by atoms with Crippen molar-refractivity contribution in [2.45, 2.75) is 6.42 Å². The number of rotatable bonds is 4. The second-order valence-corrected chi connectivity index (χ2v) is 4.71. The van der Waals surface area contributed by atoms with Crippen LogP contribution in [0.3, 0.4) is 0 Å². The highest BCUT2D eigenvalue weighted by atomic mass is 16.3. The first-order chi connectivity index (χ1) is 8.69. The molecule has 5 heteroatoms. The number of nitrogens with one attached hydrogen (secondary N) is 1. The largest absolute Gasteiger partial charge is 0.397 e. The summed E-state index contributed by atoms with van der Waals surface area (Å²) in [5.74, 6) is 0.242. The van der Waals surface area contributed by atoms with E-state index in [1.165, 1.54) is 0 Å². The zero-order chi connectivity index (χ0) is 13.0. The van der Waals surface area contributed by atoms with Gasteiger partial charge in [-0.15, -0.1) is 0 Å². The Balaban J connectivity index is 1.84. The highest BCUT2D eigenvalue weighted by Gasteiger charge is 2.23. The lowest BCUT2D eigenvalue weighted by molar-refractivity contribution is -0.117.